The number of carbonyl (C=O) groups excluding carboxylic acids is 2. The first kappa shape index (κ1) is 22.1. The van der Waals surface area contributed by atoms with Crippen molar-refractivity contribution in [2.24, 2.45) is 0 Å². The van der Waals surface area contributed by atoms with Gasteiger partial charge in [-0.1, -0.05) is 0 Å². The van der Waals surface area contributed by atoms with Crippen molar-refractivity contribution in [1.82, 2.24) is 20.2 Å². The minimum Gasteiger partial charge on any atom is -0.480 e. The van der Waals surface area contributed by atoms with Crippen LogP contribution in [-0.4, -0.2) is 58.4 Å². The predicted molar refractivity (Wildman–Crippen MR) is 117 cm³/mol. The van der Waals surface area contributed by atoms with Gasteiger partial charge in [-0.3, -0.25) is 19.2 Å². The van der Waals surface area contributed by atoms with Crippen LogP contribution in [-0.2, 0) is 11.3 Å². The van der Waals surface area contributed by atoms with E-state index in [1.54, 1.807) is 6.92 Å². The van der Waals surface area contributed by atoms with Crippen LogP contribution >= 0.6 is 11.3 Å². The lowest BCUT2D eigenvalue weighted by Gasteiger charge is -2.07. The summed E-state index contributed by atoms with van der Waals surface area (Å²) >= 11 is 1.14. The van der Waals surface area contributed by atoms with Crippen LogP contribution < -0.4 is 16.2 Å². The van der Waals surface area contributed by atoms with Gasteiger partial charge in [-0.05, 0) is 50.8 Å². The van der Waals surface area contributed by atoms with Crippen molar-refractivity contribution >= 4 is 45.0 Å². The summed E-state index contributed by atoms with van der Waals surface area (Å²) in [5.41, 5.74) is 0.979. The molecule has 0 fully saturated rings. The van der Waals surface area contributed by atoms with Gasteiger partial charge in [0, 0.05) is 11.3 Å². The number of carbonyl (C=O) groups is 3. The van der Waals surface area contributed by atoms with Crippen LogP contribution in [0.3, 0.4) is 0 Å². The number of amides is 2. The molecule has 1 aromatic carbocycles. The number of thiophene rings is 1. The van der Waals surface area contributed by atoms with Crippen LogP contribution in [0.25, 0.3) is 10.2 Å². The number of anilines is 1. The number of aromatic nitrogens is 2. The summed E-state index contributed by atoms with van der Waals surface area (Å²) in [5.74, 6) is -1.54. The molecule has 2 heterocycles. The van der Waals surface area contributed by atoms with E-state index in [-0.39, 0.29) is 11.1 Å². The summed E-state index contributed by atoms with van der Waals surface area (Å²) in [5, 5.41) is 14.0. The highest BCUT2D eigenvalue weighted by atomic mass is 32.1. The molecule has 0 aliphatic heterocycles. The Morgan fingerprint density at radius 1 is 1.16 bits per heavy atom. The van der Waals surface area contributed by atoms with E-state index in [1.165, 1.54) is 24.3 Å². The molecule has 11 heteroatoms. The number of hydrogen-bond acceptors (Lipinski definition) is 7. The molecule has 2 amide bonds. The number of carboxylic acids is 1. The summed E-state index contributed by atoms with van der Waals surface area (Å²) in [4.78, 5) is 57.6. The first-order valence-corrected chi connectivity index (χ1v) is 10.1. The summed E-state index contributed by atoms with van der Waals surface area (Å²) in [6, 6.07) is 6.03. The quantitative estimate of drug-likeness (QED) is 0.432. The molecule has 4 N–H and O–H groups in total. The number of aryl methyl sites for hydroxylation is 1. The Kier molecular flexibility index (Phi) is 6.47. The van der Waals surface area contributed by atoms with Crippen LogP contribution in [0, 0.1) is 6.92 Å². The predicted octanol–water partition coefficient (Wildman–Crippen LogP) is 1.42. The molecule has 3 rings (SSSR count). The average molecular weight is 443 g/mol. The fourth-order valence-corrected chi connectivity index (χ4v) is 4.03. The van der Waals surface area contributed by atoms with Crippen molar-refractivity contribution in [3.8, 4) is 0 Å². The zero-order valence-electron chi connectivity index (χ0n) is 17.1. The minimum atomic E-state index is -1.14. The number of rotatable bonds is 7. The van der Waals surface area contributed by atoms with E-state index in [1.807, 2.05) is 19.0 Å². The lowest BCUT2D eigenvalue weighted by molar-refractivity contribution is -0.135. The maximum absolute atomic E-state index is 12.8. The van der Waals surface area contributed by atoms with Crippen molar-refractivity contribution < 1.29 is 19.5 Å². The molecule has 0 saturated heterocycles. The Morgan fingerprint density at radius 3 is 2.45 bits per heavy atom. The van der Waals surface area contributed by atoms with Gasteiger partial charge in [0.05, 0.1) is 16.8 Å². The molecule has 0 aliphatic rings. The van der Waals surface area contributed by atoms with Gasteiger partial charge < -0.3 is 25.6 Å². The van der Waals surface area contributed by atoms with E-state index in [0.29, 0.717) is 38.7 Å². The number of nitrogens with one attached hydrogen (secondary N) is 3. The first-order chi connectivity index (χ1) is 14.7. The second kappa shape index (κ2) is 9.06. The van der Waals surface area contributed by atoms with Gasteiger partial charge in [0.1, 0.15) is 17.2 Å². The summed E-state index contributed by atoms with van der Waals surface area (Å²) in [6.45, 7) is 1.69. The Bertz CT molecular complexity index is 1210. The Hall–Kier alpha value is -3.57. The Morgan fingerprint density at radius 2 is 1.84 bits per heavy atom. The maximum atomic E-state index is 12.8. The van der Waals surface area contributed by atoms with E-state index >= 15 is 0 Å². The number of hydrogen-bond donors (Lipinski definition) is 4. The highest BCUT2D eigenvalue weighted by Crippen LogP contribution is 2.28. The first-order valence-electron chi connectivity index (χ1n) is 9.24. The van der Waals surface area contributed by atoms with Gasteiger partial charge in [-0.25, -0.2) is 4.98 Å². The normalized spacial score (nSPS) is 11.0. The number of nitrogens with zero attached hydrogens (tertiary/aromatic N) is 2. The maximum Gasteiger partial charge on any atom is 0.322 e. The van der Waals surface area contributed by atoms with Crippen LogP contribution in [0.5, 0.6) is 0 Å². The number of carboxylic acid groups (broad SMARTS) is 1. The van der Waals surface area contributed by atoms with E-state index in [4.69, 9.17) is 5.11 Å². The number of benzene rings is 1. The molecule has 10 nitrogen and oxygen atoms in total. The van der Waals surface area contributed by atoms with E-state index in [0.717, 1.165) is 11.3 Å². The second-order valence-electron chi connectivity index (χ2n) is 7.09. The summed E-state index contributed by atoms with van der Waals surface area (Å²) in [6.07, 6.45) is 0. The molecule has 2 aromatic heterocycles. The van der Waals surface area contributed by atoms with Gasteiger partial charge >= 0.3 is 5.97 Å². The largest absolute Gasteiger partial charge is 0.480 e. The lowest BCUT2D eigenvalue weighted by Crippen LogP contribution is -2.29. The minimum absolute atomic E-state index is 0.265. The molecule has 31 heavy (non-hydrogen) atoms. The molecular formula is C20H21N5O5S. The van der Waals surface area contributed by atoms with Gasteiger partial charge in [-0.2, -0.15) is 0 Å². The molecule has 0 radical (unpaired) electrons. The monoisotopic (exact) mass is 443 g/mol. The van der Waals surface area contributed by atoms with Gasteiger partial charge in [0.2, 0.25) is 0 Å². The third kappa shape index (κ3) is 5.13. The van der Waals surface area contributed by atoms with Crippen LogP contribution in [0.4, 0.5) is 5.69 Å². The molecule has 3 aromatic rings. The van der Waals surface area contributed by atoms with Crippen molar-refractivity contribution in [3.63, 3.8) is 0 Å². The molecule has 0 spiro atoms. The summed E-state index contributed by atoms with van der Waals surface area (Å²) < 4.78 is 0. The van der Waals surface area contributed by atoms with Crippen LogP contribution in [0.15, 0.2) is 29.1 Å². The highest BCUT2D eigenvalue weighted by Gasteiger charge is 2.20. The molecule has 0 atom stereocenters. The molecule has 0 saturated carbocycles. The smallest absolute Gasteiger partial charge is 0.322 e. The fourth-order valence-electron chi connectivity index (χ4n) is 2.93. The molecule has 0 aliphatic carbocycles. The van der Waals surface area contributed by atoms with E-state index in [9.17, 15) is 19.2 Å². The van der Waals surface area contributed by atoms with Crippen molar-refractivity contribution in [2.45, 2.75) is 13.5 Å². The standard InChI is InChI=1S/C20H21N5O5S/c1-10-15-18(29)23-13(9-25(2)3)24-20(15)31-16(10)19(30)22-12-6-4-11(5-7-12)17(28)21-8-14(26)27/h4-7H,8-9H2,1-3H3,(H,21,28)(H,22,30)(H,26,27)(H,23,24,29). The highest BCUT2D eigenvalue weighted by molar-refractivity contribution is 7.20. The Labute approximate surface area is 180 Å². The zero-order chi connectivity index (χ0) is 22.7. The van der Waals surface area contributed by atoms with Crippen LogP contribution in [0.1, 0.15) is 31.4 Å². The average Bonchev–Trinajstić information content (AvgIpc) is 3.03. The number of aliphatic carboxylic acids is 1. The van der Waals surface area contributed by atoms with Crippen LogP contribution in [0.2, 0.25) is 0 Å². The van der Waals surface area contributed by atoms with Gasteiger partial charge in [-0.15, -0.1) is 11.3 Å². The molecule has 0 bridgehead atoms. The number of fused-ring (bicyclic) bond motifs is 1. The molecule has 0 unspecified atom stereocenters. The molecule has 162 valence electrons. The fraction of sp³-hybridized carbons (Fsp3) is 0.250. The summed E-state index contributed by atoms with van der Waals surface area (Å²) in [7, 11) is 3.73. The van der Waals surface area contributed by atoms with Crippen molar-refractivity contribution in [1.29, 1.82) is 0 Å². The lowest BCUT2D eigenvalue weighted by atomic mass is 10.1. The van der Waals surface area contributed by atoms with E-state index in [2.05, 4.69) is 20.6 Å². The van der Waals surface area contributed by atoms with Crippen molar-refractivity contribution in [3.05, 3.63) is 56.4 Å². The number of aromatic amines is 1. The van der Waals surface area contributed by atoms with Gasteiger partial charge in [0.15, 0.2) is 0 Å². The second-order valence-corrected chi connectivity index (χ2v) is 8.09. The molecular weight excluding hydrogens is 422 g/mol. The topological polar surface area (TPSA) is 144 Å². The van der Waals surface area contributed by atoms with Crippen molar-refractivity contribution in [2.75, 3.05) is 26.0 Å². The third-order valence-electron chi connectivity index (χ3n) is 4.33. The van der Waals surface area contributed by atoms with Gasteiger partial charge in [0.25, 0.3) is 17.4 Å². The zero-order valence-corrected chi connectivity index (χ0v) is 17.9. The van der Waals surface area contributed by atoms with E-state index < -0.39 is 24.3 Å². The number of H-pyrrole nitrogens is 1. The SMILES string of the molecule is Cc1c(C(=O)Nc2ccc(C(=O)NCC(=O)O)cc2)sc2nc(CN(C)C)[nH]c(=O)c12. The Balaban J connectivity index is 1.79. The third-order valence-corrected chi connectivity index (χ3v) is 5.51.